The lowest BCUT2D eigenvalue weighted by molar-refractivity contribution is -0.119. The molecule has 0 radical (unpaired) electrons. The second-order valence-electron chi connectivity index (χ2n) is 5.23. The van der Waals surface area contributed by atoms with Crippen LogP contribution in [0.1, 0.15) is 16.7 Å². The highest BCUT2D eigenvalue weighted by atomic mass is 79.9. The van der Waals surface area contributed by atoms with Crippen molar-refractivity contribution in [1.82, 2.24) is 10.3 Å². The standard InChI is InChI=1S/C17H16BrN3OS2/c1-10-16(15-7-6-14(24-15)9-19-11(2)22)21-17(23-10)20-13-5-3-4-12(18)8-13/h3-8H,9H2,1-2H3,(H,19,22)(H,20,21). The van der Waals surface area contributed by atoms with Crippen LogP contribution in [0.15, 0.2) is 40.9 Å². The van der Waals surface area contributed by atoms with Gasteiger partial charge in [0.2, 0.25) is 5.91 Å². The average Bonchev–Trinajstić information content (AvgIpc) is 3.11. The number of aromatic nitrogens is 1. The fourth-order valence-electron chi connectivity index (χ4n) is 2.18. The highest BCUT2D eigenvalue weighted by molar-refractivity contribution is 9.10. The highest BCUT2D eigenvalue weighted by Gasteiger charge is 2.12. The highest BCUT2D eigenvalue weighted by Crippen LogP contribution is 2.35. The van der Waals surface area contributed by atoms with E-state index in [-0.39, 0.29) is 5.91 Å². The lowest BCUT2D eigenvalue weighted by Gasteiger charge is -2.02. The number of thiophene rings is 1. The molecule has 24 heavy (non-hydrogen) atoms. The first-order chi connectivity index (χ1) is 11.5. The predicted molar refractivity (Wildman–Crippen MR) is 105 cm³/mol. The quantitative estimate of drug-likeness (QED) is 0.585. The number of hydrogen-bond donors (Lipinski definition) is 2. The summed E-state index contributed by atoms with van der Waals surface area (Å²) in [5.41, 5.74) is 2.00. The van der Waals surface area contributed by atoms with Gasteiger partial charge in [-0.05, 0) is 37.3 Å². The summed E-state index contributed by atoms with van der Waals surface area (Å²) in [6.07, 6.45) is 0. The maximum Gasteiger partial charge on any atom is 0.217 e. The minimum atomic E-state index is -0.0182. The van der Waals surface area contributed by atoms with Gasteiger partial charge in [0.05, 0.1) is 17.1 Å². The van der Waals surface area contributed by atoms with Crippen molar-refractivity contribution in [2.45, 2.75) is 20.4 Å². The molecule has 4 nitrogen and oxygen atoms in total. The molecular weight excluding hydrogens is 406 g/mol. The predicted octanol–water partition coefficient (Wildman–Crippen LogP) is 5.32. The number of rotatable bonds is 5. The van der Waals surface area contributed by atoms with Gasteiger partial charge < -0.3 is 10.6 Å². The number of hydrogen-bond acceptors (Lipinski definition) is 5. The number of aryl methyl sites for hydroxylation is 1. The largest absolute Gasteiger partial charge is 0.351 e. The van der Waals surface area contributed by atoms with Crippen LogP contribution in [-0.4, -0.2) is 10.9 Å². The molecule has 0 bridgehead atoms. The third kappa shape index (κ3) is 4.23. The Morgan fingerprint density at radius 1 is 1.25 bits per heavy atom. The van der Waals surface area contributed by atoms with Crippen molar-refractivity contribution < 1.29 is 4.79 Å². The Balaban J connectivity index is 1.77. The van der Waals surface area contributed by atoms with Crippen LogP contribution in [0.2, 0.25) is 0 Å². The number of thiazole rings is 1. The van der Waals surface area contributed by atoms with E-state index in [0.29, 0.717) is 6.54 Å². The van der Waals surface area contributed by atoms with Gasteiger partial charge in [-0.1, -0.05) is 22.0 Å². The average molecular weight is 422 g/mol. The van der Waals surface area contributed by atoms with Crippen molar-refractivity contribution in [3.05, 3.63) is 50.6 Å². The number of nitrogens with one attached hydrogen (secondary N) is 2. The monoisotopic (exact) mass is 421 g/mol. The summed E-state index contributed by atoms with van der Waals surface area (Å²) in [4.78, 5) is 19.2. The zero-order valence-electron chi connectivity index (χ0n) is 13.2. The molecule has 3 aromatic rings. The Morgan fingerprint density at radius 2 is 2.08 bits per heavy atom. The van der Waals surface area contributed by atoms with Crippen molar-refractivity contribution >= 4 is 55.3 Å². The third-order valence-electron chi connectivity index (χ3n) is 3.28. The maximum absolute atomic E-state index is 11.0. The van der Waals surface area contributed by atoms with Gasteiger partial charge in [-0.15, -0.1) is 22.7 Å². The summed E-state index contributed by atoms with van der Waals surface area (Å²) < 4.78 is 1.03. The van der Waals surface area contributed by atoms with Crippen LogP contribution >= 0.6 is 38.6 Å². The minimum absolute atomic E-state index is 0.0182. The Morgan fingerprint density at radius 3 is 2.83 bits per heavy atom. The van der Waals surface area contributed by atoms with Crippen LogP contribution < -0.4 is 10.6 Å². The molecule has 124 valence electrons. The molecule has 0 aliphatic heterocycles. The number of carbonyl (C=O) groups excluding carboxylic acids is 1. The lowest BCUT2D eigenvalue weighted by Crippen LogP contribution is -2.17. The van der Waals surface area contributed by atoms with Gasteiger partial charge in [-0.25, -0.2) is 4.98 Å². The molecule has 2 aromatic heterocycles. The van der Waals surface area contributed by atoms with E-state index in [0.717, 1.165) is 30.7 Å². The Labute approximate surface area is 157 Å². The molecule has 3 rings (SSSR count). The zero-order chi connectivity index (χ0) is 17.1. The van der Waals surface area contributed by atoms with E-state index in [1.165, 1.54) is 11.8 Å². The van der Waals surface area contributed by atoms with Gasteiger partial charge in [0.25, 0.3) is 0 Å². The minimum Gasteiger partial charge on any atom is -0.351 e. The third-order valence-corrected chi connectivity index (χ3v) is 5.75. The van der Waals surface area contributed by atoms with Gasteiger partial charge in [0.1, 0.15) is 0 Å². The van der Waals surface area contributed by atoms with Crippen molar-refractivity contribution in [1.29, 1.82) is 0 Å². The first kappa shape index (κ1) is 17.1. The van der Waals surface area contributed by atoms with E-state index in [1.54, 1.807) is 22.7 Å². The lowest BCUT2D eigenvalue weighted by atomic mass is 10.3. The van der Waals surface area contributed by atoms with Crippen molar-refractivity contribution in [2.75, 3.05) is 5.32 Å². The molecule has 0 saturated carbocycles. The molecule has 7 heteroatoms. The van der Waals surface area contributed by atoms with Crippen LogP contribution in [-0.2, 0) is 11.3 Å². The number of nitrogens with zero attached hydrogens (tertiary/aromatic N) is 1. The van der Waals surface area contributed by atoms with Crippen LogP contribution in [0.25, 0.3) is 10.6 Å². The van der Waals surface area contributed by atoms with Crippen LogP contribution in [0.5, 0.6) is 0 Å². The fourth-order valence-corrected chi connectivity index (χ4v) is 4.49. The van der Waals surface area contributed by atoms with E-state index in [2.05, 4.69) is 39.6 Å². The van der Waals surface area contributed by atoms with Gasteiger partial charge in [-0.3, -0.25) is 4.79 Å². The van der Waals surface area contributed by atoms with Crippen molar-refractivity contribution in [3.8, 4) is 10.6 Å². The SMILES string of the molecule is CC(=O)NCc1ccc(-c2nc(Nc3cccc(Br)c3)sc2C)s1. The number of halogens is 1. The summed E-state index contributed by atoms with van der Waals surface area (Å²) in [6.45, 7) is 4.16. The molecule has 1 amide bonds. The summed E-state index contributed by atoms with van der Waals surface area (Å²) in [7, 11) is 0. The second-order valence-corrected chi connectivity index (χ2v) is 8.52. The number of amides is 1. The summed E-state index contributed by atoms with van der Waals surface area (Å²) in [5.74, 6) is -0.0182. The van der Waals surface area contributed by atoms with Crippen LogP contribution in [0.3, 0.4) is 0 Å². The Kier molecular flexibility index (Phi) is 5.33. The van der Waals surface area contributed by atoms with Gasteiger partial charge in [-0.2, -0.15) is 0 Å². The molecular formula is C17H16BrN3OS2. The molecule has 2 heterocycles. The first-order valence-corrected chi connectivity index (χ1v) is 9.77. The molecule has 1 aromatic carbocycles. The number of benzene rings is 1. The molecule has 0 spiro atoms. The molecule has 0 fully saturated rings. The molecule has 0 aliphatic carbocycles. The number of anilines is 2. The van der Waals surface area contributed by atoms with Crippen molar-refractivity contribution in [3.63, 3.8) is 0 Å². The molecule has 2 N–H and O–H groups in total. The topological polar surface area (TPSA) is 54.0 Å². The zero-order valence-corrected chi connectivity index (χ0v) is 16.4. The number of carbonyl (C=O) groups is 1. The first-order valence-electron chi connectivity index (χ1n) is 7.35. The molecule has 0 unspecified atom stereocenters. The summed E-state index contributed by atoms with van der Waals surface area (Å²) in [6, 6.07) is 12.1. The normalized spacial score (nSPS) is 10.6. The molecule has 0 saturated heterocycles. The van der Waals surface area contributed by atoms with E-state index in [1.807, 2.05) is 30.3 Å². The van der Waals surface area contributed by atoms with Crippen LogP contribution in [0.4, 0.5) is 10.8 Å². The fraction of sp³-hybridized carbons (Fsp3) is 0.176. The molecule has 0 aliphatic rings. The van der Waals surface area contributed by atoms with Gasteiger partial charge in [0.15, 0.2) is 5.13 Å². The van der Waals surface area contributed by atoms with E-state index in [4.69, 9.17) is 4.98 Å². The Bertz CT molecular complexity index is 872. The maximum atomic E-state index is 11.0. The van der Waals surface area contributed by atoms with Gasteiger partial charge in [0, 0.05) is 26.8 Å². The Hall–Kier alpha value is -1.70. The summed E-state index contributed by atoms with van der Waals surface area (Å²) >= 11 is 6.77. The summed E-state index contributed by atoms with van der Waals surface area (Å²) in [5, 5.41) is 7.04. The van der Waals surface area contributed by atoms with Gasteiger partial charge >= 0.3 is 0 Å². The van der Waals surface area contributed by atoms with E-state index >= 15 is 0 Å². The molecule has 0 atom stereocenters. The van der Waals surface area contributed by atoms with Crippen molar-refractivity contribution in [2.24, 2.45) is 0 Å². The van der Waals surface area contributed by atoms with Crippen LogP contribution in [0, 0.1) is 6.92 Å². The smallest absolute Gasteiger partial charge is 0.217 e. The second kappa shape index (κ2) is 7.46. The van der Waals surface area contributed by atoms with E-state index < -0.39 is 0 Å². The van der Waals surface area contributed by atoms with E-state index in [9.17, 15) is 4.79 Å².